The lowest BCUT2D eigenvalue weighted by Crippen LogP contribution is -2.10. The van der Waals surface area contributed by atoms with Gasteiger partial charge >= 0.3 is 0 Å². The summed E-state index contributed by atoms with van der Waals surface area (Å²) >= 11 is 0. The lowest BCUT2D eigenvalue weighted by Gasteiger charge is -2.18. The van der Waals surface area contributed by atoms with Gasteiger partial charge in [0.1, 0.15) is 0 Å². The molecule has 1 aromatic rings. The molecular formula is C15H20O. The number of unbranched alkanes of at least 4 members (excludes halogenated alkanes) is 2. The maximum Gasteiger partial charge on any atom is 0.0927 e. The molecule has 0 heterocycles. The van der Waals surface area contributed by atoms with Gasteiger partial charge in [0.15, 0.2) is 0 Å². The van der Waals surface area contributed by atoms with E-state index in [0.717, 1.165) is 18.4 Å². The van der Waals surface area contributed by atoms with Crippen molar-refractivity contribution in [3.63, 3.8) is 0 Å². The quantitative estimate of drug-likeness (QED) is 0.569. The number of terminal acetylenes is 1. The van der Waals surface area contributed by atoms with Gasteiger partial charge in [0.25, 0.3) is 0 Å². The molecule has 1 aromatic carbocycles. The van der Waals surface area contributed by atoms with Crippen LogP contribution in [0.15, 0.2) is 30.3 Å². The number of aliphatic hydroxyl groups is 1. The second-order valence-corrected chi connectivity index (χ2v) is 4.12. The fourth-order valence-corrected chi connectivity index (χ4v) is 1.83. The van der Waals surface area contributed by atoms with Gasteiger partial charge in [0.2, 0.25) is 0 Å². The number of hydrogen-bond donors (Lipinski definition) is 1. The molecular weight excluding hydrogens is 196 g/mol. The summed E-state index contributed by atoms with van der Waals surface area (Å²) in [5.74, 6) is 2.65. The summed E-state index contributed by atoms with van der Waals surface area (Å²) < 4.78 is 0. The maximum atomic E-state index is 10.1. The Bertz CT molecular complexity index is 323. The SMILES string of the molecule is C#C[C@H](CCCCC)[C@H](O)c1ccccc1. The largest absolute Gasteiger partial charge is 0.387 e. The van der Waals surface area contributed by atoms with E-state index in [2.05, 4.69) is 12.8 Å². The molecule has 0 spiro atoms. The zero-order valence-electron chi connectivity index (χ0n) is 9.89. The third-order valence-electron chi connectivity index (χ3n) is 2.85. The fraction of sp³-hybridized carbons (Fsp3) is 0.467. The van der Waals surface area contributed by atoms with Crippen LogP contribution in [0.3, 0.4) is 0 Å². The highest BCUT2D eigenvalue weighted by Crippen LogP contribution is 2.25. The molecule has 0 aliphatic carbocycles. The van der Waals surface area contributed by atoms with Gasteiger partial charge in [-0.2, -0.15) is 0 Å². The van der Waals surface area contributed by atoms with E-state index in [9.17, 15) is 5.11 Å². The van der Waals surface area contributed by atoms with E-state index < -0.39 is 6.10 Å². The van der Waals surface area contributed by atoms with Crippen LogP contribution in [0.4, 0.5) is 0 Å². The van der Waals surface area contributed by atoms with Crippen molar-refractivity contribution in [3.05, 3.63) is 35.9 Å². The van der Waals surface area contributed by atoms with Crippen molar-refractivity contribution in [2.75, 3.05) is 0 Å². The summed E-state index contributed by atoms with van der Waals surface area (Å²) in [6.45, 7) is 2.17. The summed E-state index contributed by atoms with van der Waals surface area (Å²) in [4.78, 5) is 0. The highest BCUT2D eigenvalue weighted by molar-refractivity contribution is 5.20. The molecule has 0 unspecified atom stereocenters. The molecule has 16 heavy (non-hydrogen) atoms. The first kappa shape index (κ1) is 12.8. The molecule has 1 rings (SSSR count). The van der Waals surface area contributed by atoms with Crippen LogP contribution < -0.4 is 0 Å². The van der Waals surface area contributed by atoms with Crippen LogP contribution in [0, 0.1) is 18.3 Å². The Balaban J connectivity index is 2.57. The normalized spacial score (nSPS) is 14.1. The minimum absolute atomic E-state index is 0.0612. The highest BCUT2D eigenvalue weighted by atomic mass is 16.3. The summed E-state index contributed by atoms with van der Waals surface area (Å²) in [5.41, 5.74) is 0.918. The third-order valence-corrected chi connectivity index (χ3v) is 2.85. The molecule has 0 amide bonds. The van der Waals surface area contributed by atoms with Crippen LogP contribution in [0.2, 0.25) is 0 Å². The molecule has 1 nitrogen and oxygen atoms in total. The Morgan fingerprint density at radius 2 is 1.94 bits per heavy atom. The van der Waals surface area contributed by atoms with E-state index in [1.54, 1.807) is 0 Å². The topological polar surface area (TPSA) is 20.2 Å². The molecule has 0 saturated heterocycles. The van der Waals surface area contributed by atoms with E-state index in [1.165, 1.54) is 12.8 Å². The van der Waals surface area contributed by atoms with Gasteiger partial charge in [-0.05, 0) is 12.0 Å². The number of benzene rings is 1. The van der Waals surface area contributed by atoms with Gasteiger partial charge < -0.3 is 5.11 Å². The summed E-state index contributed by atoms with van der Waals surface area (Å²) in [7, 11) is 0. The molecule has 0 aliphatic rings. The first-order valence-corrected chi connectivity index (χ1v) is 5.98. The van der Waals surface area contributed by atoms with Crippen molar-refractivity contribution in [3.8, 4) is 12.3 Å². The van der Waals surface area contributed by atoms with Crippen molar-refractivity contribution in [1.82, 2.24) is 0 Å². The van der Waals surface area contributed by atoms with Crippen LogP contribution in [-0.2, 0) is 0 Å². The lowest BCUT2D eigenvalue weighted by molar-refractivity contribution is 0.130. The van der Waals surface area contributed by atoms with Crippen molar-refractivity contribution < 1.29 is 5.11 Å². The Morgan fingerprint density at radius 3 is 2.50 bits per heavy atom. The number of hydrogen-bond acceptors (Lipinski definition) is 1. The van der Waals surface area contributed by atoms with Gasteiger partial charge in [0.05, 0.1) is 12.0 Å². The standard InChI is InChI=1S/C15H20O/c1-3-5-7-10-13(4-2)15(16)14-11-8-6-9-12-14/h2,6,8-9,11-13,15-16H,3,5,7,10H2,1H3/t13-,15+/m1/s1. The minimum atomic E-state index is -0.525. The smallest absolute Gasteiger partial charge is 0.0927 e. The summed E-state index contributed by atoms with van der Waals surface area (Å²) in [6.07, 6.45) is 9.31. The summed E-state index contributed by atoms with van der Waals surface area (Å²) in [5, 5.41) is 10.1. The van der Waals surface area contributed by atoms with Gasteiger partial charge in [-0.3, -0.25) is 0 Å². The van der Waals surface area contributed by atoms with Gasteiger partial charge in [-0.1, -0.05) is 56.5 Å². The zero-order valence-corrected chi connectivity index (χ0v) is 9.89. The van der Waals surface area contributed by atoms with E-state index in [0.29, 0.717) is 0 Å². The van der Waals surface area contributed by atoms with E-state index in [4.69, 9.17) is 6.42 Å². The number of aliphatic hydroxyl groups excluding tert-OH is 1. The van der Waals surface area contributed by atoms with Crippen molar-refractivity contribution in [1.29, 1.82) is 0 Å². The Kier molecular flexibility index (Phi) is 5.67. The molecule has 1 N–H and O–H groups in total. The molecule has 0 saturated carbocycles. The molecule has 1 heteroatoms. The van der Waals surface area contributed by atoms with Crippen LogP contribution >= 0.6 is 0 Å². The van der Waals surface area contributed by atoms with Gasteiger partial charge in [-0.15, -0.1) is 12.3 Å². The average molecular weight is 216 g/mol. The Morgan fingerprint density at radius 1 is 1.25 bits per heavy atom. The monoisotopic (exact) mass is 216 g/mol. The minimum Gasteiger partial charge on any atom is -0.387 e. The van der Waals surface area contributed by atoms with Crippen LogP contribution in [0.1, 0.15) is 44.3 Å². The predicted octanol–water partition coefficient (Wildman–Crippen LogP) is 3.55. The lowest BCUT2D eigenvalue weighted by atomic mass is 9.91. The molecule has 0 fully saturated rings. The van der Waals surface area contributed by atoms with Crippen LogP contribution in [-0.4, -0.2) is 5.11 Å². The van der Waals surface area contributed by atoms with E-state index >= 15 is 0 Å². The fourth-order valence-electron chi connectivity index (χ4n) is 1.83. The van der Waals surface area contributed by atoms with Crippen molar-refractivity contribution in [2.45, 2.75) is 38.7 Å². The molecule has 2 atom stereocenters. The molecule has 86 valence electrons. The Hall–Kier alpha value is -1.26. The van der Waals surface area contributed by atoms with Crippen molar-refractivity contribution in [2.24, 2.45) is 5.92 Å². The molecule has 0 aliphatic heterocycles. The molecule has 0 bridgehead atoms. The van der Waals surface area contributed by atoms with Crippen LogP contribution in [0.25, 0.3) is 0 Å². The number of rotatable bonds is 6. The van der Waals surface area contributed by atoms with E-state index in [1.807, 2.05) is 30.3 Å². The first-order valence-electron chi connectivity index (χ1n) is 5.98. The maximum absolute atomic E-state index is 10.1. The predicted molar refractivity (Wildman–Crippen MR) is 67.9 cm³/mol. The highest BCUT2D eigenvalue weighted by Gasteiger charge is 2.17. The van der Waals surface area contributed by atoms with Gasteiger partial charge in [0, 0.05) is 0 Å². The second-order valence-electron chi connectivity index (χ2n) is 4.12. The van der Waals surface area contributed by atoms with Crippen LogP contribution in [0.5, 0.6) is 0 Å². The first-order chi connectivity index (χ1) is 7.79. The summed E-state index contributed by atoms with van der Waals surface area (Å²) in [6, 6.07) is 9.65. The average Bonchev–Trinajstić information content (AvgIpc) is 2.35. The second kappa shape index (κ2) is 7.09. The molecule has 0 radical (unpaired) electrons. The van der Waals surface area contributed by atoms with Gasteiger partial charge in [-0.25, -0.2) is 0 Å². The third kappa shape index (κ3) is 3.72. The zero-order chi connectivity index (χ0) is 11.8. The Labute approximate surface area is 98.5 Å². The van der Waals surface area contributed by atoms with E-state index in [-0.39, 0.29) is 5.92 Å². The molecule has 0 aromatic heterocycles. The van der Waals surface area contributed by atoms with Crippen molar-refractivity contribution >= 4 is 0 Å².